The molecular weight excluding hydrogens is 248 g/mol. The summed E-state index contributed by atoms with van der Waals surface area (Å²) in [5.41, 5.74) is -0.419. The molecule has 1 aromatic heterocycles. The van der Waals surface area contributed by atoms with E-state index in [4.69, 9.17) is 9.84 Å². The Morgan fingerprint density at radius 1 is 1.42 bits per heavy atom. The van der Waals surface area contributed by atoms with E-state index in [1.54, 1.807) is 14.0 Å². The fourth-order valence-corrected chi connectivity index (χ4v) is 2.16. The lowest BCUT2D eigenvalue weighted by Crippen LogP contribution is -2.33. The van der Waals surface area contributed by atoms with Gasteiger partial charge >= 0.3 is 5.97 Å². The number of hydrogen-bond acceptors (Lipinski definition) is 4. The standard InChI is InChI=1S/C13H20N2O4/c1-5-13(6-2,19-4)12-14-8(3)9(7-10(16)17)11(18)15-12/h5-7H2,1-4H3,(H,16,17)(H,14,15,18). The van der Waals surface area contributed by atoms with Gasteiger partial charge in [0, 0.05) is 18.4 Å². The van der Waals surface area contributed by atoms with E-state index in [0.29, 0.717) is 24.4 Å². The van der Waals surface area contributed by atoms with E-state index in [1.807, 2.05) is 13.8 Å². The van der Waals surface area contributed by atoms with Crippen LogP contribution in [0.25, 0.3) is 0 Å². The summed E-state index contributed by atoms with van der Waals surface area (Å²) in [6.07, 6.45) is 1.01. The zero-order valence-electron chi connectivity index (χ0n) is 11.7. The molecule has 0 fully saturated rings. The molecule has 6 nitrogen and oxygen atoms in total. The van der Waals surface area contributed by atoms with Crippen molar-refractivity contribution in [2.45, 2.75) is 45.6 Å². The zero-order valence-corrected chi connectivity index (χ0v) is 11.7. The van der Waals surface area contributed by atoms with Crippen LogP contribution in [0.2, 0.25) is 0 Å². The molecule has 2 N–H and O–H groups in total. The summed E-state index contributed by atoms with van der Waals surface area (Å²) in [5.74, 6) is -0.594. The summed E-state index contributed by atoms with van der Waals surface area (Å²) in [5, 5.41) is 8.78. The quantitative estimate of drug-likeness (QED) is 0.812. The minimum atomic E-state index is -1.05. The second-order valence-electron chi connectivity index (χ2n) is 4.45. The van der Waals surface area contributed by atoms with Crippen LogP contribution in [0.3, 0.4) is 0 Å². The highest BCUT2D eigenvalue weighted by molar-refractivity contribution is 5.70. The minimum Gasteiger partial charge on any atom is -0.481 e. The largest absolute Gasteiger partial charge is 0.481 e. The normalized spacial score (nSPS) is 11.6. The number of aromatic amines is 1. The molecule has 6 heteroatoms. The molecule has 0 aliphatic rings. The van der Waals surface area contributed by atoms with Crippen molar-refractivity contribution in [3.8, 4) is 0 Å². The topological polar surface area (TPSA) is 92.3 Å². The number of H-pyrrole nitrogens is 1. The molecular formula is C13H20N2O4. The van der Waals surface area contributed by atoms with Gasteiger partial charge in [-0.05, 0) is 19.8 Å². The predicted molar refractivity (Wildman–Crippen MR) is 70.2 cm³/mol. The molecule has 106 valence electrons. The summed E-state index contributed by atoms with van der Waals surface area (Å²) in [4.78, 5) is 29.7. The van der Waals surface area contributed by atoms with Gasteiger partial charge in [-0.2, -0.15) is 0 Å². The maximum atomic E-state index is 12.0. The minimum absolute atomic E-state index is 0.188. The molecule has 0 aliphatic heterocycles. The van der Waals surface area contributed by atoms with Gasteiger partial charge in [0.25, 0.3) is 5.56 Å². The number of aliphatic carboxylic acids is 1. The average molecular weight is 268 g/mol. The SMILES string of the molecule is CCC(CC)(OC)c1nc(C)c(CC(=O)O)c(=O)[nH]1. The molecule has 0 saturated carbocycles. The Morgan fingerprint density at radius 2 is 2.00 bits per heavy atom. The highest BCUT2D eigenvalue weighted by atomic mass is 16.5. The zero-order chi connectivity index (χ0) is 14.6. The molecule has 1 aromatic rings. The van der Waals surface area contributed by atoms with Gasteiger partial charge < -0.3 is 14.8 Å². The lowest BCUT2D eigenvalue weighted by atomic mass is 9.95. The van der Waals surface area contributed by atoms with Crippen LogP contribution >= 0.6 is 0 Å². The van der Waals surface area contributed by atoms with Crippen molar-refractivity contribution in [1.82, 2.24) is 9.97 Å². The van der Waals surface area contributed by atoms with Crippen molar-refractivity contribution in [3.05, 3.63) is 27.4 Å². The molecule has 0 amide bonds. The van der Waals surface area contributed by atoms with E-state index in [9.17, 15) is 9.59 Å². The highest BCUT2D eigenvalue weighted by Gasteiger charge is 2.31. The van der Waals surface area contributed by atoms with Crippen molar-refractivity contribution < 1.29 is 14.6 Å². The van der Waals surface area contributed by atoms with Crippen molar-refractivity contribution in [2.75, 3.05) is 7.11 Å². The number of aromatic nitrogens is 2. The Hall–Kier alpha value is -1.69. The Morgan fingerprint density at radius 3 is 2.37 bits per heavy atom. The lowest BCUT2D eigenvalue weighted by Gasteiger charge is -2.29. The van der Waals surface area contributed by atoms with Gasteiger partial charge in [0.2, 0.25) is 0 Å². The van der Waals surface area contributed by atoms with E-state index < -0.39 is 17.1 Å². The van der Waals surface area contributed by atoms with Crippen LogP contribution in [-0.2, 0) is 21.6 Å². The monoisotopic (exact) mass is 268 g/mol. The second kappa shape index (κ2) is 5.97. The third-order valence-electron chi connectivity index (χ3n) is 3.51. The molecule has 0 unspecified atom stereocenters. The first-order valence-corrected chi connectivity index (χ1v) is 6.27. The smallest absolute Gasteiger partial charge is 0.308 e. The summed E-state index contributed by atoms with van der Waals surface area (Å²) >= 11 is 0. The number of aryl methyl sites for hydroxylation is 1. The summed E-state index contributed by atoms with van der Waals surface area (Å²) < 4.78 is 5.50. The van der Waals surface area contributed by atoms with E-state index in [2.05, 4.69) is 9.97 Å². The number of nitrogens with zero attached hydrogens (tertiary/aromatic N) is 1. The molecule has 1 heterocycles. The Bertz CT molecular complexity index is 510. The summed E-state index contributed by atoms with van der Waals surface area (Å²) in [6, 6.07) is 0. The van der Waals surface area contributed by atoms with Gasteiger partial charge in [-0.1, -0.05) is 13.8 Å². The van der Waals surface area contributed by atoms with Gasteiger partial charge in [-0.25, -0.2) is 4.98 Å². The first kappa shape index (κ1) is 15.4. The van der Waals surface area contributed by atoms with Crippen molar-refractivity contribution in [1.29, 1.82) is 0 Å². The Balaban J connectivity index is 3.35. The van der Waals surface area contributed by atoms with Crippen molar-refractivity contribution in [2.24, 2.45) is 0 Å². The number of hydrogen-bond donors (Lipinski definition) is 2. The predicted octanol–water partition coefficient (Wildman–Crippen LogP) is 1.37. The number of carboxylic acids is 1. The number of rotatable bonds is 6. The first-order valence-electron chi connectivity index (χ1n) is 6.27. The van der Waals surface area contributed by atoms with Crippen LogP contribution in [0.15, 0.2) is 4.79 Å². The summed E-state index contributed by atoms with van der Waals surface area (Å²) in [6.45, 7) is 5.55. The number of ether oxygens (including phenoxy) is 1. The number of carboxylic acid groups (broad SMARTS) is 1. The molecule has 1 rings (SSSR count). The van der Waals surface area contributed by atoms with Gasteiger partial charge in [0.15, 0.2) is 0 Å². The fourth-order valence-electron chi connectivity index (χ4n) is 2.16. The Labute approximate surface area is 111 Å². The van der Waals surface area contributed by atoms with Gasteiger partial charge in [-0.3, -0.25) is 9.59 Å². The molecule has 0 spiro atoms. The van der Waals surface area contributed by atoms with E-state index in [1.165, 1.54) is 0 Å². The second-order valence-corrected chi connectivity index (χ2v) is 4.45. The maximum Gasteiger partial charge on any atom is 0.308 e. The van der Waals surface area contributed by atoms with E-state index in [-0.39, 0.29) is 12.0 Å². The van der Waals surface area contributed by atoms with Gasteiger partial charge in [0.05, 0.1) is 6.42 Å². The fraction of sp³-hybridized carbons (Fsp3) is 0.615. The van der Waals surface area contributed by atoms with Gasteiger partial charge in [0.1, 0.15) is 11.4 Å². The molecule has 0 aromatic carbocycles. The number of nitrogens with one attached hydrogen (secondary N) is 1. The van der Waals surface area contributed by atoms with Gasteiger partial charge in [-0.15, -0.1) is 0 Å². The van der Waals surface area contributed by atoms with E-state index in [0.717, 1.165) is 0 Å². The van der Waals surface area contributed by atoms with Crippen LogP contribution in [0.4, 0.5) is 0 Å². The molecule has 0 saturated heterocycles. The van der Waals surface area contributed by atoms with Crippen LogP contribution < -0.4 is 5.56 Å². The van der Waals surface area contributed by atoms with Crippen LogP contribution in [0.1, 0.15) is 43.8 Å². The third-order valence-corrected chi connectivity index (χ3v) is 3.51. The third kappa shape index (κ3) is 3.01. The molecule has 0 bridgehead atoms. The highest BCUT2D eigenvalue weighted by Crippen LogP contribution is 2.29. The van der Waals surface area contributed by atoms with Crippen LogP contribution in [0, 0.1) is 6.92 Å². The average Bonchev–Trinajstić information content (AvgIpc) is 2.36. The summed E-state index contributed by atoms with van der Waals surface area (Å²) in [7, 11) is 1.58. The lowest BCUT2D eigenvalue weighted by molar-refractivity contribution is -0.136. The number of carbonyl (C=O) groups is 1. The molecule has 0 aliphatic carbocycles. The van der Waals surface area contributed by atoms with E-state index >= 15 is 0 Å². The van der Waals surface area contributed by atoms with Crippen molar-refractivity contribution in [3.63, 3.8) is 0 Å². The molecule has 19 heavy (non-hydrogen) atoms. The van der Waals surface area contributed by atoms with Crippen molar-refractivity contribution >= 4 is 5.97 Å². The maximum absolute atomic E-state index is 12.0. The molecule has 0 atom stereocenters. The first-order chi connectivity index (χ1) is 8.90. The molecule has 0 radical (unpaired) electrons. The van der Waals surface area contributed by atoms with Crippen LogP contribution in [-0.4, -0.2) is 28.2 Å². The Kier molecular flexibility index (Phi) is 4.83. The van der Waals surface area contributed by atoms with Crippen LogP contribution in [0.5, 0.6) is 0 Å². The number of methoxy groups -OCH3 is 1.